The highest BCUT2D eigenvalue weighted by Gasteiger charge is 2.42. The van der Waals surface area contributed by atoms with E-state index < -0.39 is 11.4 Å². The highest BCUT2D eigenvalue weighted by Crippen LogP contribution is 2.42. The highest BCUT2D eigenvalue weighted by atomic mass is 19.1. The third-order valence-electron chi connectivity index (χ3n) is 4.83. The van der Waals surface area contributed by atoms with E-state index in [0.29, 0.717) is 11.3 Å². The minimum Gasteiger partial charge on any atom is -0.481 e. The van der Waals surface area contributed by atoms with Crippen LogP contribution in [0.4, 0.5) is 10.1 Å². The van der Waals surface area contributed by atoms with E-state index in [2.05, 4.69) is 5.32 Å². The molecule has 1 aliphatic rings. The molecule has 4 nitrogen and oxygen atoms in total. The number of carboxylic acids is 1. The van der Waals surface area contributed by atoms with Crippen LogP contribution in [0.25, 0.3) is 0 Å². The van der Waals surface area contributed by atoms with E-state index >= 15 is 0 Å². The van der Waals surface area contributed by atoms with E-state index in [1.807, 2.05) is 0 Å². The van der Waals surface area contributed by atoms with Crippen LogP contribution in [0, 0.1) is 5.82 Å². The number of hydrogen-bond donors (Lipinski definition) is 2. The quantitative estimate of drug-likeness (QED) is 0.867. The summed E-state index contributed by atoms with van der Waals surface area (Å²) in [6.07, 6.45) is 3.25. The smallest absolute Gasteiger partial charge is 0.307 e. The number of nitrogens with one attached hydrogen (secondary N) is 1. The van der Waals surface area contributed by atoms with Gasteiger partial charge in [0.1, 0.15) is 5.82 Å². The molecule has 1 aliphatic carbocycles. The Balaban J connectivity index is 1.85. The molecular weight excluding hydrogens is 321 g/mol. The molecule has 2 N–H and O–H groups in total. The maximum Gasteiger partial charge on any atom is 0.307 e. The summed E-state index contributed by atoms with van der Waals surface area (Å²) in [5.41, 5.74) is 1.38. The molecule has 1 fully saturated rings. The largest absolute Gasteiger partial charge is 0.481 e. The number of carbonyl (C=O) groups excluding carboxylic acids is 1. The van der Waals surface area contributed by atoms with Crippen LogP contribution in [0.1, 0.15) is 36.8 Å². The van der Waals surface area contributed by atoms with E-state index in [0.717, 1.165) is 31.2 Å². The average Bonchev–Trinajstić information content (AvgIpc) is 3.06. The van der Waals surface area contributed by atoms with Crippen molar-refractivity contribution in [3.8, 4) is 0 Å². The molecule has 0 heterocycles. The molecule has 0 atom stereocenters. The molecule has 25 heavy (non-hydrogen) atoms. The minimum absolute atomic E-state index is 0.0905. The Morgan fingerprint density at radius 3 is 2.40 bits per heavy atom. The minimum atomic E-state index is -0.915. The summed E-state index contributed by atoms with van der Waals surface area (Å²) in [7, 11) is 0. The Labute approximate surface area is 145 Å². The summed E-state index contributed by atoms with van der Waals surface area (Å²) in [5, 5.41) is 11.8. The van der Waals surface area contributed by atoms with Crippen molar-refractivity contribution >= 4 is 17.6 Å². The topological polar surface area (TPSA) is 66.4 Å². The molecule has 3 rings (SSSR count). The lowest BCUT2D eigenvalue weighted by molar-refractivity contribution is -0.136. The van der Waals surface area contributed by atoms with Crippen molar-refractivity contribution in [2.45, 2.75) is 37.5 Å². The van der Waals surface area contributed by atoms with Crippen molar-refractivity contribution < 1.29 is 19.1 Å². The van der Waals surface area contributed by atoms with Gasteiger partial charge in [-0.25, -0.2) is 4.39 Å². The van der Waals surface area contributed by atoms with Gasteiger partial charge in [0.05, 0.1) is 11.8 Å². The molecule has 130 valence electrons. The molecule has 0 saturated heterocycles. The van der Waals surface area contributed by atoms with E-state index in [1.54, 1.807) is 36.4 Å². The van der Waals surface area contributed by atoms with Crippen LogP contribution >= 0.6 is 0 Å². The standard InChI is InChI=1S/C20H20FNO3/c21-16-8-6-15(7-9-16)20(10-1-2-11-20)19(25)22-17-5-3-4-14(12-17)13-18(23)24/h3-9,12H,1-2,10-11,13H2,(H,22,25)(H,23,24). The van der Waals surface area contributed by atoms with E-state index in [1.165, 1.54) is 12.1 Å². The first-order chi connectivity index (χ1) is 12.0. The molecule has 2 aromatic carbocycles. The van der Waals surface area contributed by atoms with Gasteiger partial charge in [-0.15, -0.1) is 0 Å². The first kappa shape index (κ1) is 17.1. The number of rotatable bonds is 5. The van der Waals surface area contributed by atoms with Gasteiger partial charge in [-0.1, -0.05) is 37.1 Å². The third kappa shape index (κ3) is 3.71. The number of anilines is 1. The van der Waals surface area contributed by atoms with Gasteiger partial charge in [-0.3, -0.25) is 9.59 Å². The first-order valence-electron chi connectivity index (χ1n) is 8.38. The predicted molar refractivity (Wildman–Crippen MR) is 93.0 cm³/mol. The molecular formula is C20H20FNO3. The van der Waals surface area contributed by atoms with E-state index in [-0.39, 0.29) is 18.1 Å². The lowest BCUT2D eigenvalue weighted by Crippen LogP contribution is -2.38. The summed E-state index contributed by atoms with van der Waals surface area (Å²) in [5.74, 6) is -1.36. The van der Waals surface area contributed by atoms with Gasteiger partial charge in [0.2, 0.25) is 5.91 Å². The van der Waals surface area contributed by atoms with Crippen molar-refractivity contribution in [1.82, 2.24) is 0 Å². The molecule has 2 aromatic rings. The number of carboxylic acid groups (broad SMARTS) is 1. The summed E-state index contributed by atoms with van der Waals surface area (Å²) >= 11 is 0. The van der Waals surface area contributed by atoms with Gasteiger partial charge in [-0.2, -0.15) is 0 Å². The van der Waals surface area contributed by atoms with Crippen LogP contribution in [0.2, 0.25) is 0 Å². The molecule has 5 heteroatoms. The SMILES string of the molecule is O=C(O)Cc1cccc(NC(=O)C2(c3ccc(F)cc3)CCCC2)c1. The Hall–Kier alpha value is -2.69. The molecule has 0 aliphatic heterocycles. The number of hydrogen-bond acceptors (Lipinski definition) is 2. The number of halogens is 1. The van der Waals surface area contributed by atoms with Gasteiger partial charge in [0.15, 0.2) is 0 Å². The van der Waals surface area contributed by atoms with Gasteiger partial charge in [-0.05, 0) is 48.2 Å². The molecule has 0 unspecified atom stereocenters. The predicted octanol–water partition coefficient (Wildman–Crippen LogP) is 3.90. The van der Waals surface area contributed by atoms with Crippen molar-refractivity contribution in [2.24, 2.45) is 0 Å². The van der Waals surface area contributed by atoms with Gasteiger partial charge >= 0.3 is 5.97 Å². The van der Waals surface area contributed by atoms with E-state index in [4.69, 9.17) is 5.11 Å². The second-order valence-corrected chi connectivity index (χ2v) is 6.52. The Morgan fingerprint density at radius 2 is 1.76 bits per heavy atom. The zero-order valence-electron chi connectivity index (χ0n) is 13.8. The van der Waals surface area contributed by atoms with Crippen molar-refractivity contribution in [1.29, 1.82) is 0 Å². The lowest BCUT2D eigenvalue weighted by atomic mass is 9.78. The van der Waals surface area contributed by atoms with Crippen molar-refractivity contribution in [2.75, 3.05) is 5.32 Å². The average molecular weight is 341 g/mol. The summed E-state index contributed by atoms with van der Waals surface area (Å²) in [6.45, 7) is 0. The van der Waals surface area contributed by atoms with Crippen molar-refractivity contribution in [3.05, 3.63) is 65.5 Å². The zero-order valence-corrected chi connectivity index (χ0v) is 13.8. The van der Waals surface area contributed by atoms with Gasteiger partial charge in [0, 0.05) is 5.69 Å². The zero-order chi connectivity index (χ0) is 17.9. The Kier molecular flexibility index (Phi) is 4.83. The monoisotopic (exact) mass is 341 g/mol. The summed E-state index contributed by atoms with van der Waals surface area (Å²) in [4.78, 5) is 23.9. The van der Waals surface area contributed by atoms with Crippen molar-refractivity contribution in [3.63, 3.8) is 0 Å². The van der Waals surface area contributed by atoms with Crippen LogP contribution in [0.15, 0.2) is 48.5 Å². The lowest BCUT2D eigenvalue weighted by Gasteiger charge is -2.28. The number of benzene rings is 2. The summed E-state index contributed by atoms with van der Waals surface area (Å²) in [6, 6.07) is 13.0. The number of carbonyl (C=O) groups is 2. The normalized spacial score (nSPS) is 15.7. The maximum atomic E-state index is 13.2. The fourth-order valence-electron chi connectivity index (χ4n) is 3.58. The summed E-state index contributed by atoms with van der Waals surface area (Å²) < 4.78 is 13.2. The molecule has 0 radical (unpaired) electrons. The molecule has 1 amide bonds. The molecule has 0 bridgehead atoms. The van der Waals surface area contributed by atoms with Gasteiger partial charge in [0.25, 0.3) is 0 Å². The van der Waals surface area contributed by atoms with Crippen LogP contribution in [0.3, 0.4) is 0 Å². The fourth-order valence-corrected chi connectivity index (χ4v) is 3.58. The first-order valence-corrected chi connectivity index (χ1v) is 8.38. The number of aliphatic carboxylic acids is 1. The van der Waals surface area contributed by atoms with E-state index in [9.17, 15) is 14.0 Å². The van der Waals surface area contributed by atoms with Crippen LogP contribution in [0.5, 0.6) is 0 Å². The molecule has 0 spiro atoms. The molecule has 1 saturated carbocycles. The molecule has 0 aromatic heterocycles. The second-order valence-electron chi connectivity index (χ2n) is 6.52. The van der Waals surface area contributed by atoms with Gasteiger partial charge < -0.3 is 10.4 Å². The maximum absolute atomic E-state index is 13.2. The van der Waals surface area contributed by atoms with Crippen LogP contribution in [-0.2, 0) is 21.4 Å². The second kappa shape index (κ2) is 7.05. The Bertz CT molecular complexity index is 780. The fraction of sp³-hybridized carbons (Fsp3) is 0.300. The Morgan fingerprint density at radius 1 is 1.08 bits per heavy atom. The number of amides is 1. The van der Waals surface area contributed by atoms with Crippen LogP contribution < -0.4 is 5.32 Å². The highest BCUT2D eigenvalue weighted by molar-refractivity contribution is 5.99. The van der Waals surface area contributed by atoms with Crippen LogP contribution in [-0.4, -0.2) is 17.0 Å². The third-order valence-corrected chi connectivity index (χ3v) is 4.83.